The quantitative estimate of drug-likeness (QED) is 0.707. The van der Waals surface area contributed by atoms with E-state index in [-0.39, 0.29) is 0 Å². The molecule has 1 saturated heterocycles. The van der Waals surface area contributed by atoms with E-state index in [0.717, 1.165) is 12.4 Å². The summed E-state index contributed by atoms with van der Waals surface area (Å²) in [6.45, 7) is 4.30. The molecule has 1 aliphatic heterocycles. The molecule has 3 nitrogen and oxygen atoms in total. The van der Waals surface area contributed by atoms with E-state index in [0.29, 0.717) is 6.04 Å². The van der Waals surface area contributed by atoms with Gasteiger partial charge in [-0.05, 0) is 26.3 Å². The summed E-state index contributed by atoms with van der Waals surface area (Å²) in [4.78, 5) is 4.19. The highest BCUT2D eigenvalue weighted by atomic mass is 15.1. The number of hydrogen-bond donors (Lipinski definition) is 1. The first kappa shape index (κ1) is 7.80. The van der Waals surface area contributed by atoms with Crippen LogP contribution in [0, 0.1) is 6.92 Å². The molecule has 66 valence electrons. The van der Waals surface area contributed by atoms with Gasteiger partial charge in [0.05, 0.1) is 0 Å². The van der Waals surface area contributed by atoms with Crippen LogP contribution in [-0.2, 0) is 6.54 Å². The molecule has 0 radical (unpaired) electrons. The van der Waals surface area contributed by atoms with Gasteiger partial charge in [-0.15, -0.1) is 0 Å². The lowest BCUT2D eigenvalue weighted by Gasteiger charge is -2.11. The van der Waals surface area contributed by atoms with E-state index in [1.54, 1.807) is 0 Å². The predicted molar refractivity (Wildman–Crippen MR) is 48.0 cm³/mol. The Bertz CT molecular complexity index is 248. The lowest BCUT2D eigenvalue weighted by atomic mass is 10.2. The smallest absolute Gasteiger partial charge is 0.105 e. The lowest BCUT2D eigenvalue weighted by Crippen LogP contribution is -2.26. The molecule has 1 fully saturated rings. The summed E-state index contributed by atoms with van der Waals surface area (Å²) >= 11 is 0. The second kappa shape index (κ2) is 3.27. The van der Waals surface area contributed by atoms with E-state index in [4.69, 9.17) is 0 Å². The molecule has 0 aliphatic carbocycles. The monoisotopic (exact) mass is 165 g/mol. The van der Waals surface area contributed by atoms with Crippen molar-refractivity contribution < 1.29 is 0 Å². The van der Waals surface area contributed by atoms with Crippen molar-refractivity contribution in [3.63, 3.8) is 0 Å². The van der Waals surface area contributed by atoms with Crippen molar-refractivity contribution >= 4 is 0 Å². The summed E-state index contributed by atoms with van der Waals surface area (Å²) in [5, 5.41) is 3.47. The number of nitrogens with zero attached hydrogens (tertiary/aromatic N) is 2. The molecule has 1 N–H and O–H groups in total. The molecule has 0 amide bonds. The zero-order chi connectivity index (χ0) is 8.39. The molecule has 0 aromatic carbocycles. The fraction of sp³-hybridized carbons (Fsp3) is 0.667. The number of aromatic nitrogens is 2. The maximum atomic E-state index is 4.19. The highest BCUT2D eigenvalue weighted by Crippen LogP contribution is 2.08. The van der Waals surface area contributed by atoms with Crippen molar-refractivity contribution in [2.75, 3.05) is 6.54 Å². The highest BCUT2D eigenvalue weighted by molar-refractivity contribution is 4.90. The van der Waals surface area contributed by atoms with Crippen molar-refractivity contribution in [3.8, 4) is 0 Å². The number of nitrogens with one attached hydrogen (secondary N) is 1. The van der Waals surface area contributed by atoms with Gasteiger partial charge in [-0.2, -0.15) is 0 Å². The Morgan fingerprint density at radius 3 is 3.25 bits per heavy atom. The van der Waals surface area contributed by atoms with Crippen molar-refractivity contribution in [3.05, 3.63) is 18.2 Å². The minimum Gasteiger partial charge on any atom is -0.334 e. The highest BCUT2D eigenvalue weighted by Gasteiger charge is 2.14. The van der Waals surface area contributed by atoms with Gasteiger partial charge in [0, 0.05) is 25.0 Å². The normalized spacial score (nSPS) is 23.2. The number of aryl methyl sites for hydroxylation is 1. The molecule has 0 spiro atoms. The Kier molecular flexibility index (Phi) is 2.13. The Morgan fingerprint density at radius 1 is 1.75 bits per heavy atom. The Labute approximate surface area is 72.8 Å². The van der Waals surface area contributed by atoms with Gasteiger partial charge >= 0.3 is 0 Å². The van der Waals surface area contributed by atoms with Crippen LogP contribution in [0.25, 0.3) is 0 Å². The fourth-order valence-electron chi connectivity index (χ4n) is 1.75. The third-order valence-electron chi connectivity index (χ3n) is 2.50. The van der Waals surface area contributed by atoms with Crippen molar-refractivity contribution in [2.45, 2.75) is 32.4 Å². The van der Waals surface area contributed by atoms with Crippen LogP contribution in [0.4, 0.5) is 0 Å². The fourth-order valence-corrected chi connectivity index (χ4v) is 1.75. The summed E-state index contributed by atoms with van der Waals surface area (Å²) in [5.74, 6) is 1.11. The van der Waals surface area contributed by atoms with E-state index >= 15 is 0 Å². The van der Waals surface area contributed by atoms with Crippen LogP contribution < -0.4 is 5.32 Å². The van der Waals surface area contributed by atoms with Crippen LogP contribution >= 0.6 is 0 Å². The predicted octanol–water partition coefficient (Wildman–Crippen LogP) is 0.944. The van der Waals surface area contributed by atoms with Gasteiger partial charge in [-0.25, -0.2) is 4.98 Å². The molecule has 3 heteroatoms. The van der Waals surface area contributed by atoms with Crippen LogP contribution in [0.5, 0.6) is 0 Å². The summed E-state index contributed by atoms with van der Waals surface area (Å²) < 4.78 is 2.21. The first-order valence-corrected chi connectivity index (χ1v) is 4.57. The minimum atomic E-state index is 0.665. The van der Waals surface area contributed by atoms with Gasteiger partial charge in [0.15, 0.2) is 0 Å². The van der Waals surface area contributed by atoms with Crippen molar-refractivity contribution in [1.29, 1.82) is 0 Å². The van der Waals surface area contributed by atoms with Gasteiger partial charge < -0.3 is 9.88 Å². The van der Waals surface area contributed by atoms with Gasteiger partial charge in [-0.3, -0.25) is 0 Å². The van der Waals surface area contributed by atoms with E-state index < -0.39 is 0 Å². The van der Waals surface area contributed by atoms with E-state index in [1.165, 1.54) is 19.4 Å². The molecule has 0 bridgehead atoms. The molecule has 1 atom stereocenters. The SMILES string of the molecule is Cc1nccn1C[C@H]1CCCN1. The summed E-state index contributed by atoms with van der Waals surface area (Å²) in [7, 11) is 0. The molecule has 2 heterocycles. The molecule has 1 aromatic rings. The van der Waals surface area contributed by atoms with Gasteiger partial charge in [-0.1, -0.05) is 0 Å². The maximum absolute atomic E-state index is 4.19. The molecule has 1 aliphatic rings. The average Bonchev–Trinajstić information content (AvgIpc) is 2.65. The van der Waals surface area contributed by atoms with Crippen molar-refractivity contribution in [1.82, 2.24) is 14.9 Å². The van der Waals surface area contributed by atoms with Gasteiger partial charge in [0.1, 0.15) is 5.82 Å². The minimum absolute atomic E-state index is 0.665. The second-order valence-corrected chi connectivity index (χ2v) is 3.42. The Balaban J connectivity index is 1.98. The number of imidazole rings is 1. The zero-order valence-electron chi connectivity index (χ0n) is 7.45. The summed E-state index contributed by atoms with van der Waals surface area (Å²) in [6, 6.07) is 0.665. The van der Waals surface area contributed by atoms with Crippen LogP contribution in [0.2, 0.25) is 0 Å². The van der Waals surface area contributed by atoms with Crippen molar-refractivity contribution in [2.24, 2.45) is 0 Å². The molecular weight excluding hydrogens is 150 g/mol. The molecule has 1 aromatic heterocycles. The molecule has 2 rings (SSSR count). The van der Waals surface area contributed by atoms with E-state index in [2.05, 4.69) is 28.0 Å². The first-order valence-electron chi connectivity index (χ1n) is 4.57. The molecular formula is C9H15N3. The van der Waals surface area contributed by atoms with Gasteiger partial charge in [0.2, 0.25) is 0 Å². The Morgan fingerprint density at radius 2 is 2.67 bits per heavy atom. The number of hydrogen-bond acceptors (Lipinski definition) is 2. The van der Waals surface area contributed by atoms with Crippen LogP contribution in [0.15, 0.2) is 12.4 Å². The van der Waals surface area contributed by atoms with Gasteiger partial charge in [0.25, 0.3) is 0 Å². The van der Waals surface area contributed by atoms with E-state index in [9.17, 15) is 0 Å². The summed E-state index contributed by atoms with van der Waals surface area (Å²) in [5.41, 5.74) is 0. The average molecular weight is 165 g/mol. The topological polar surface area (TPSA) is 29.9 Å². The third kappa shape index (κ3) is 1.50. The standard InChI is InChI=1S/C9H15N3/c1-8-10-5-6-12(8)7-9-3-2-4-11-9/h5-6,9,11H,2-4,7H2,1H3/t9-/m1/s1. The second-order valence-electron chi connectivity index (χ2n) is 3.42. The molecule has 0 saturated carbocycles. The molecule has 12 heavy (non-hydrogen) atoms. The zero-order valence-corrected chi connectivity index (χ0v) is 7.45. The Hall–Kier alpha value is -0.830. The largest absolute Gasteiger partial charge is 0.334 e. The lowest BCUT2D eigenvalue weighted by molar-refractivity contribution is 0.502. The van der Waals surface area contributed by atoms with Crippen LogP contribution in [0.1, 0.15) is 18.7 Å². The summed E-state index contributed by atoms with van der Waals surface area (Å²) in [6.07, 6.45) is 6.54. The van der Waals surface area contributed by atoms with Crippen LogP contribution in [0.3, 0.4) is 0 Å². The number of rotatable bonds is 2. The van der Waals surface area contributed by atoms with Crippen LogP contribution in [-0.4, -0.2) is 22.1 Å². The maximum Gasteiger partial charge on any atom is 0.105 e. The first-order chi connectivity index (χ1) is 5.86. The third-order valence-corrected chi connectivity index (χ3v) is 2.50. The molecule has 0 unspecified atom stereocenters. The van der Waals surface area contributed by atoms with E-state index in [1.807, 2.05) is 6.20 Å².